The largest absolute Gasteiger partial charge is 0.382 e. The third kappa shape index (κ3) is 7.75. The molecule has 3 rings (SSSR count). The fourth-order valence-corrected chi connectivity index (χ4v) is 5.21. The van der Waals surface area contributed by atoms with Crippen LogP contribution in [-0.2, 0) is 24.2 Å². The van der Waals surface area contributed by atoms with Gasteiger partial charge in [0.05, 0.1) is 33.0 Å². The fourth-order valence-electron chi connectivity index (χ4n) is 4.08. The number of sulfonamides is 1. The van der Waals surface area contributed by atoms with Gasteiger partial charge in [0.25, 0.3) is 10.0 Å². The van der Waals surface area contributed by atoms with Crippen molar-refractivity contribution < 1.29 is 22.6 Å². The number of rotatable bonds is 13. The van der Waals surface area contributed by atoms with Crippen molar-refractivity contribution in [3.05, 3.63) is 46.9 Å². The summed E-state index contributed by atoms with van der Waals surface area (Å²) in [5, 5.41) is 11.7. The predicted octanol–water partition coefficient (Wildman–Crippen LogP) is 3.68. The lowest BCUT2D eigenvalue weighted by atomic mass is 10.0. The summed E-state index contributed by atoms with van der Waals surface area (Å²) in [6, 6.07) is 14.0. The Morgan fingerprint density at radius 3 is 2.34 bits per heavy atom. The zero-order chi connectivity index (χ0) is 25.1. The Morgan fingerprint density at radius 2 is 1.63 bits per heavy atom. The molecule has 1 fully saturated rings. The molecule has 0 amide bonds. The highest BCUT2D eigenvalue weighted by atomic mass is 32.2. The van der Waals surface area contributed by atoms with Crippen LogP contribution in [0.1, 0.15) is 31.7 Å². The number of piperidine rings is 1. The number of nitrogens with zero attached hydrogens (tertiary/aromatic N) is 2. The summed E-state index contributed by atoms with van der Waals surface area (Å²) in [5.74, 6) is 0. The van der Waals surface area contributed by atoms with Crippen LogP contribution in [0, 0.1) is 11.3 Å². The Kier molecular flexibility index (Phi) is 10.5. The summed E-state index contributed by atoms with van der Waals surface area (Å²) in [6.07, 6.45) is 3.72. The maximum absolute atomic E-state index is 12.8. The number of ether oxygens (including phenoxy) is 3. The lowest BCUT2D eigenvalue weighted by molar-refractivity contribution is 0.0263. The number of anilines is 1. The number of hydrogen-bond acceptors (Lipinski definition) is 7. The Bertz CT molecular complexity index is 1150. The zero-order valence-corrected chi connectivity index (χ0v) is 21.4. The molecule has 190 valence electrons. The molecule has 0 radical (unpaired) electrons. The molecule has 2 aromatic carbocycles. The van der Waals surface area contributed by atoms with Crippen LogP contribution in [-0.4, -0.2) is 68.2 Å². The average molecular weight is 502 g/mol. The van der Waals surface area contributed by atoms with Crippen molar-refractivity contribution in [1.82, 2.24) is 4.72 Å². The molecule has 0 bridgehead atoms. The Balaban J connectivity index is 1.63. The van der Waals surface area contributed by atoms with E-state index in [4.69, 9.17) is 14.2 Å². The Morgan fingerprint density at radius 1 is 0.971 bits per heavy atom. The topological polar surface area (TPSA) is 101 Å². The third-order valence-corrected chi connectivity index (χ3v) is 7.55. The molecule has 1 N–H and O–H groups in total. The molecule has 0 aromatic heterocycles. The molecule has 1 saturated heterocycles. The molecular weight excluding hydrogens is 466 g/mol. The Labute approximate surface area is 208 Å². The van der Waals surface area contributed by atoms with Crippen LogP contribution < -0.4 is 9.62 Å². The standard InChI is InChI=1S/C26H35N3O5S/c1-21(26(20-27)35(30,31)28-10-13-33-16-17-34-15-14-32-2)22-6-7-24-19-25(9-8-23(24)18-22)29-11-4-3-5-12-29/h6-9,18-19,28H,3-5,10-17H2,1-2H3/b26-21-. The van der Waals surface area contributed by atoms with Crippen molar-refractivity contribution in [2.24, 2.45) is 0 Å². The highest BCUT2D eigenvalue weighted by Crippen LogP contribution is 2.29. The smallest absolute Gasteiger partial charge is 0.251 e. The van der Waals surface area contributed by atoms with Gasteiger partial charge in [0, 0.05) is 32.4 Å². The number of methoxy groups -OCH3 is 1. The van der Waals surface area contributed by atoms with Crippen molar-refractivity contribution in [3.63, 3.8) is 0 Å². The first-order chi connectivity index (χ1) is 17.0. The van der Waals surface area contributed by atoms with Gasteiger partial charge in [0.15, 0.2) is 4.91 Å². The predicted molar refractivity (Wildman–Crippen MR) is 139 cm³/mol. The second-order valence-corrected chi connectivity index (χ2v) is 10.2. The van der Waals surface area contributed by atoms with E-state index in [9.17, 15) is 13.7 Å². The van der Waals surface area contributed by atoms with Gasteiger partial charge in [-0.05, 0) is 66.3 Å². The van der Waals surface area contributed by atoms with Crippen LogP contribution >= 0.6 is 0 Å². The maximum Gasteiger partial charge on any atom is 0.251 e. The highest BCUT2D eigenvalue weighted by Gasteiger charge is 2.21. The molecule has 1 aliphatic rings. The van der Waals surface area contributed by atoms with E-state index in [0.717, 1.165) is 23.9 Å². The second-order valence-electron chi connectivity index (χ2n) is 8.48. The van der Waals surface area contributed by atoms with Crippen molar-refractivity contribution in [1.29, 1.82) is 5.26 Å². The van der Waals surface area contributed by atoms with E-state index >= 15 is 0 Å². The summed E-state index contributed by atoms with van der Waals surface area (Å²) in [4.78, 5) is 2.12. The fraction of sp³-hybridized carbons (Fsp3) is 0.500. The van der Waals surface area contributed by atoms with E-state index < -0.39 is 10.0 Å². The van der Waals surface area contributed by atoms with Crippen molar-refractivity contribution >= 4 is 32.1 Å². The molecule has 8 nitrogen and oxygen atoms in total. The van der Waals surface area contributed by atoms with Crippen LogP contribution in [0.4, 0.5) is 5.69 Å². The molecule has 35 heavy (non-hydrogen) atoms. The monoisotopic (exact) mass is 501 g/mol. The summed E-state index contributed by atoms with van der Waals surface area (Å²) < 4.78 is 43.5. The quantitative estimate of drug-likeness (QED) is 0.330. The van der Waals surface area contributed by atoms with Crippen molar-refractivity contribution in [2.45, 2.75) is 26.2 Å². The van der Waals surface area contributed by atoms with E-state index in [2.05, 4.69) is 27.8 Å². The molecule has 0 aliphatic carbocycles. The first kappa shape index (κ1) is 27.1. The minimum absolute atomic E-state index is 0.0653. The highest BCUT2D eigenvalue weighted by molar-refractivity contribution is 7.93. The van der Waals surface area contributed by atoms with Gasteiger partial charge < -0.3 is 19.1 Å². The molecule has 1 heterocycles. The average Bonchev–Trinajstić information content (AvgIpc) is 2.87. The molecule has 0 spiro atoms. The molecular formula is C26H35N3O5S. The van der Waals surface area contributed by atoms with Gasteiger partial charge in [-0.2, -0.15) is 5.26 Å². The van der Waals surface area contributed by atoms with Gasteiger partial charge in [-0.25, -0.2) is 13.1 Å². The number of nitrogens with one attached hydrogen (secondary N) is 1. The first-order valence-corrected chi connectivity index (χ1v) is 13.5. The maximum atomic E-state index is 12.8. The number of hydrogen-bond donors (Lipinski definition) is 1. The van der Waals surface area contributed by atoms with Crippen molar-refractivity contribution in [3.8, 4) is 6.07 Å². The van der Waals surface area contributed by atoms with Crippen LogP contribution in [0.25, 0.3) is 16.3 Å². The van der Waals surface area contributed by atoms with Crippen LogP contribution in [0.15, 0.2) is 41.3 Å². The normalized spacial score (nSPS) is 15.2. The van der Waals surface area contributed by atoms with Crippen LogP contribution in [0.3, 0.4) is 0 Å². The van der Waals surface area contributed by atoms with Gasteiger partial charge in [-0.1, -0.05) is 18.2 Å². The molecule has 9 heteroatoms. The Hall–Kier alpha value is -2.48. The second kappa shape index (κ2) is 13.6. The summed E-state index contributed by atoms with van der Waals surface area (Å²) in [7, 11) is -2.36. The lowest BCUT2D eigenvalue weighted by Crippen LogP contribution is -2.29. The number of fused-ring (bicyclic) bond motifs is 1. The minimum atomic E-state index is -3.97. The lowest BCUT2D eigenvalue weighted by Gasteiger charge is -2.29. The van der Waals surface area contributed by atoms with Crippen molar-refractivity contribution in [2.75, 3.05) is 64.7 Å². The summed E-state index contributed by atoms with van der Waals surface area (Å²) in [6.45, 7) is 5.81. The van der Waals surface area contributed by atoms with Gasteiger partial charge in [-0.3, -0.25) is 0 Å². The SMILES string of the molecule is COCCOCCOCCNS(=O)(=O)/C(C#N)=C(/C)c1ccc2cc(N3CCCCC3)ccc2c1. The number of allylic oxidation sites excluding steroid dienone is 2. The molecule has 2 aromatic rings. The van der Waals surface area contributed by atoms with Gasteiger partial charge in [0.1, 0.15) is 6.07 Å². The first-order valence-electron chi connectivity index (χ1n) is 12.0. The van der Waals surface area contributed by atoms with E-state index in [1.54, 1.807) is 14.0 Å². The van der Waals surface area contributed by atoms with Gasteiger partial charge >= 0.3 is 0 Å². The molecule has 0 saturated carbocycles. The molecule has 0 atom stereocenters. The number of benzene rings is 2. The van der Waals surface area contributed by atoms with E-state index in [1.807, 2.05) is 24.3 Å². The van der Waals surface area contributed by atoms with E-state index in [-0.39, 0.29) is 18.1 Å². The zero-order valence-electron chi connectivity index (χ0n) is 20.6. The van der Waals surface area contributed by atoms with E-state index in [1.165, 1.54) is 24.9 Å². The van der Waals surface area contributed by atoms with Gasteiger partial charge in [-0.15, -0.1) is 0 Å². The summed E-state index contributed by atoms with van der Waals surface area (Å²) >= 11 is 0. The molecule has 0 unspecified atom stereocenters. The minimum Gasteiger partial charge on any atom is -0.382 e. The third-order valence-electron chi connectivity index (χ3n) is 6.03. The molecule has 1 aliphatic heterocycles. The van der Waals surface area contributed by atoms with E-state index in [0.29, 0.717) is 37.6 Å². The van der Waals surface area contributed by atoms with Crippen LogP contribution in [0.2, 0.25) is 0 Å². The van der Waals surface area contributed by atoms with Gasteiger partial charge in [0.2, 0.25) is 0 Å². The number of nitriles is 1. The van der Waals surface area contributed by atoms with Crippen LogP contribution in [0.5, 0.6) is 0 Å². The summed E-state index contributed by atoms with van der Waals surface area (Å²) in [5.41, 5.74) is 2.33.